The molecule has 0 saturated heterocycles. The molecule has 296 valence electrons. The fourth-order valence-corrected chi connectivity index (χ4v) is 12.5. The lowest BCUT2D eigenvalue weighted by Gasteiger charge is -2.39. The third kappa shape index (κ3) is 5.23. The SMILES string of the molecule is c1ccc(-c2cc3ccccc3cc2C(c2ccc3c(c2)oc2ccccc23)c2cccc3c2C24c5c(cccc5N(c5ccccc5)c5ccccc5)CC2CCC4C3)cc1. The van der Waals surface area contributed by atoms with Gasteiger partial charge in [0.2, 0.25) is 0 Å². The van der Waals surface area contributed by atoms with E-state index in [2.05, 4.69) is 211 Å². The van der Waals surface area contributed by atoms with Gasteiger partial charge in [-0.25, -0.2) is 0 Å². The van der Waals surface area contributed by atoms with Gasteiger partial charge in [-0.1, -0.05) is 152 Å². The maximum absolute atomic E-state index is 6.70. The predicted molar refractivity (Wildman–Crippen MR) is 256 cm³/mol. The molecule has 2 heteroatoms. The van der Waals surface area contributed by atoms with Crippen LogP contribution in [0.5, 0.6) is 0 Å². The summed E-state index contributed by atoms with van der Waals surface area (Å²) in [5, 5.41) is 4.84. The van der Waals surface area contributed by atoms with Crippen LogP contribution >= 0.6 is 0 Å². The van der Waals surface area contributed by atoms with Gasteiger partial charge in [-0.15, -0.1) is 0 Å². The van der Waals surface area contributed by atoms with Crippen LogP contribution < -0.4 is 4.90 Å². The molecule has 10 aromatic rings. The Morgan fingerprint density at radius 1 is 0.468 bits per heavy atom. The Bertz CT molecular complexity index is 3280. The number of nitrogens with zero attached hydrogens (tertiary/aromatic N) is 1. The van der Waals surface area contributed by atoms with Gasteiger partial charge < -0.3 is 9.32 Å². The Morgan fingerprint density at radius 2 is 1.06 bits per heavy atom. The molecule has 4 unspecified atom stereocenters. The molecule has 1 saturated carbocycles. The number of fused-ring (bicyclic) bond motifs is 6. The summed E-state index contributed by atoms with van der Waals surface area (Å²) in [6.45, 7) is 0. The molecule has 4 atom stereocenters. The second-order valence-corrected chi connectivity index (χ2v) is 17.9. The molecule has 0 radical (unpaired) electrons. The molecule has 1 aromatic heterocycles. The maximum atomic E-state index is 6.70. The van der Waals surface area contributed by atoms with Gasteiger partial charge in [0.15, 0.2) is 0 Å². The molecule has 0 bridgehead atoms. The molecule has 2 nitrogen and oxygen atoms in total. The van der Waals surface area contributed by atoms with Crippen LogP contribution in [0.4, 0.5) is 17.1 Å². The highest BCUT2D eigenvalue weighted by Crippen LogP contribution is 2.68. The molecule has 13 rings (SSSR count). The van der Waals surface area contributed by atoms with E-state index in [4.69, 9.17) is 4.42 Å². The summed E-state index contributed by atoms with van der Waals surface area (Å²) < 4.78 is 6.70. The van der Waals surface area contributed by atoms with Crippen LogP contribution in [0, 0.1) is 11.8 Å². The number of anilines is 3. The molecular formula is C60H45NO. The number of hydrogen-bond acceptors (Lipinski definition) is 2. The van der Waals surface area contributed by atoms with Crippen molar-refractivity contribution in [1.82, 2.24) is 0 Å². The van der Waals surface area contributed by atoms with E-state index in [1.165, 1.54) is 79.6 Å². The van der Waals surface area contributed by atoms with Crippen molar-refractivity contribution in [2.24, 2.45) is 11.8 Å². The van der Waals surface area contributed by atoms with E-state index in [1.54, 1.807) is 11.1 Å². The van der Waals surface area contributed by atoms with Crippen molar-refractivity contribution in [3.05, 3.63) is 245 Å². The maximum Gasteiger partial charge on any atom is 0.135 e. The molecule has 3 aliphatic carbocycles. The number of para-hydroxylation sites is 3. The van der Waals surface area contributed by atoms with E-state index in [-0.39, 0.29) is 11.3 Å². The van der Waals surface area contributed by atoms with Crippen LogP contribution in [0.3, 0.4) is 0 Å². The van der Waals surface area contributed by atoms with E-state index in [1.807, 2.05) is 0 Å². The van der Waals surface area contributed by atoms with E-state index >= 15 is 0 Å². The zero-order valence-corrected chi connectivity index (χ0v) is 34.5. The molecule has 1 heterocycles. The molecule has 9 aromatic carbocycles. The number of rotatable bonds is 7. The van der Waals surface area contributed by atoms with Gasteiger partial charge >= 0.3 is 0 Å². The molecule has 1 spiro atoms. The molecule has 62 heavy (non-hydrogen) atoms. The minimum absolute atomic E-state index is 0.0627. The summed E-state index contributed by atoms with van der Waals surface area (Å²) in [5.41, 5.74) is 18.1. The average molecular weight is 796 g/mol. The summed E-state index contributed by atoms with van der Waals surface area (Å²) in [7, 11) is 0. The molecule has 0 aliphatic heterocycles. The van der Waals surface area contributed by atoms with E-state index in [0.29, 0.717) is 11.8 Å². The van der Waals surface area contributed by atoms with Gasteiger partial charge in [0, 0.05) is 33.5 Å². The van der Waals surface area contributed by atoms with E-state index in [0.717, 1.165) is 34.8 Å². The van der Waals surface area contributed by atoms with Gasteiger partial charge in [0.1, 0.15) is 11.2 Å². The Balaban J connectivity index is 1.11. The highest BCUT2D eigenvalue weighted by molar-refractivity contribution is 6.05. The summed E-state index contributed by atoms with van der Waals surface area (Å²) in [4.78, 5) is 2.54. The first-order valence-corrected chi connectivity index (χ1v) is 22.4. The van der Waals surface area contributed by atoms with Gasteiger partial charge in [0.05, 0.1) is 5.69 Å². The number of benzene rings is 9. The second-order valence-electron chi connectivity index (χ2n) is 17.9. The molecule has 0 N–H and O–H groups in total. The normalized spacial score (nSPS) is 19.0. The highest BCUT2D eigenvalue weighted by Gasteiger charge is 2.62. The Kier molecular flexibility index (Phi) is 8.00. The molecular weight excluding hydrogens is 751 g/mol. The van der Waals surface area contributed by atoms with E-state index in [9.17, 15) is 0 Å². The zero-order valence-electron chi connectivity index (χ0n) is 34.5. The minimum Gasteiger partial charge on any atom is -0.456 e. The first-order valence-electron chi connectivity index (χ1n) is 22.4. The number of furan rings is 1. The highest BCUT2D eigenvalue weighted by atomic mass is 16.3. The largest absolute Gasteiger partial charge is 0.456 e. The van der Waals surface area contributed by atoms with Crippen LogP contribution in [0.15, 0.2) is 211 Å². The minimum atomic E-state index is -0.134. The van der Waals surface area contributed by atoms with Gasteiger partial charge in [-0.2, -0.15) is 0 Å². The summed E-state index contributed by atoms with van der Waals surface area (Å²) in [5.74, 6) is 0.971. The van der Waals surface area contributed by atoms with E-state index < -0.39 is 0 Å². The zero-order chi connectivity index (χ0) is 40.8. The summed E-state index contributed by atoms with van der Waals surface area (Å²) in [6.07, 6.45) is 4.68. The lowest BCUT2D eigenvalue weighted by atomic mass is 9.65. The van der Waals surface area contributed by atoms with Crippen molar-refractivity contribution < 1.29 is 4.42 Å². The smallest absolute Gasteiger partial charge is 0.135 e. The Hall–Kier alpha value is -7.16. The van der Waals surface area contributed by atoms with Crippen molar-refractivity contribution in [2.75, 3.05) is 4.90 Å². The van der Waals surface area contributed by atoms with Crippen molar-refractivity contribution in [3.63, 3.8) is 0 Å². The quantitative estimate of drug-likeness (QED) is 0.149. The standard InChI is InChI=1S/C60H45NO/c1-4-16-39(17-5-1)52-36-40-18-10-11-19-41(40)37-53(52)57(42-30-33-50-49-26-12-13-29-55(49)62-56(50)38-42)51-27-14-20-43-34-45-31-32-46-35-44-21-15-28-54(59(44)60(45,46)58(43)51)61(47-22-6-2-7-23-47)48-24-8-3-9-25-48/h1-30,33,36-38,45-46,57H,31-32,34-35H2. The third-order valence-electron chi connectivity index (χ3n) is 14.9. The van der Waals surface area contributed by atoms with Crippen LogP contribution in [-0.2, 0) is 18.3 Å². The van der Waals surface area contributed by atoms with Crippen molar-refractivity contribution in [2.45, 2.75) is 37.0 Å². The van der Waals surface area contributed by atoms with Crippen LogP contribution in [0.2, 0.25) is 0 Å². The topological polar surface area (TPSA) is 16.4 Å². The fourth-order valence-electron chi connectivity index (χ4n) is 12.5. The summed E-state index contributed by atoms with van der Waals surface area (Å²) >= 11 is 0. The fraction of sp³-hybridized carbons (Fsp3) is 0.133. The number of hydrogen-bond donors (Lipinski definition) is 0. The Labute approximate surface area is 362 Å². The van der Waals surface area contributed by atoms with Gasteiger partial charge in [-0.05, 0) is 153 Å². The lowest BCUT2D eigenvalue weighted by Crippen LogP contribution is -2.34. The monoisotopic (exact) mass is 795 g/mol. The lowest BCUT2D eigenvalue weighted by molar-refractivity contribution is 0.348. The van der Waals surface area contributed by atoms with Crippen LogP contribution in [0.25, 0.3) is 43.8 Å². The molecule has 3 aliphatic rings. The van der Waals surface area contributed by atoms with Crippen molar-refractivity contribution in [1.29, 1.82) is 0 Å². The van der Waals surface area contributed by atoms with Gasteiger partial charge in [-0.3, -0.25) is 0 Å². The molecule has 0 amide bonds. The first-order chi connectivity index (χ1) is 30.7. The van der Waals surface area contributed by atoms with Crippen molar-refractivity contribution in [3.8, 4) is 11.1 Å². The van der Waals surface area contributed by atoms with Crippen molar-refractivity contribution >= 4 is 49.8 Å². The van der Waals surface area contributed by atoms with Crippen LogP contribution in [-0.4, -0.2) is 0 Å². The van der Waals surface area contributed by atoms with Gasteiger partial charge in [0.25, 0.3) is 0 Å². The predicted octanol–water partition coefficient (Wildman–Crippen LogP) is 15.5. The first kappa shape index (κ1) is 35.6. The third-order valence-corrected chi connectivity index (χ3v) is 14.9. The summed E-state index contributed by atoms with van der Waals surface area (Å²) in [6, 6.07) is 76.9. The average Bonchev–Trinajstić information content (AvgIpc) is 4.07. The van der Waals surface area contributed by atoms with Crippen LogP contribution in [0.1, 0.15) is 57.7 Å². The Morgan fingerprint density at radius 3 is 1.79 bits per heavy atom. The molecule has 1 fully saturated rings. The second kappa shape index (κ2) is 13.9.